The summed E-state index contributed by atoms with van der Waals surface area (Å²) in [4.78, 5) is 4.57. The first-order valence-electron chi connectivity index (χ1n) is 5.52. The van der Waals surface area contributed by atoms with Gasteiger partial charge in [-0.3, -0.25) is 4.99 Å². The molecule has 0 aromatic heterocycles. The topological polar surface area (TPSA) is 32.6 Å². The van der Waals surface area contributed by atoms with Crippen molar-refractivity contribution in [3.63, 3.8) is 0 Å². The number of rotatable bonds is 2. The van der Waals surface area contributed by atoms with Gasteiger partial charge in [0.25, 0.3) is 0 Å². The second kappa shape index (κ2) is 3.78. The summed E-state index contributed by atoms with van der Waals surface area (Å²) < 4.78 is 0. The predicted octanol–water partition coefficient (Wildman–Crippen LogP) is 0.957. The van der Waals surface area contributed by atoms with E-state index in [-0.39, 0.29) is 16.6 Å². The van der Waals surface area contributed by atoms with Gasteiger partial charge in [0.15, 0.2) is 0 Å². The molecule has 0 bridgehead atoms. The van der Waals surface area contributed by atoms with Crippen molar-refractivity contribution < 1.29 is 5.11 Å². The van der Waals surface area contributed by atoms with Crippen LogP contribution in [0.2, 0.25) is 0 Å². The number of nitrogens with zero attached hydrogens (tertiary/aromatic N) is 1. The molecule has 0 saturated carbocycles. The molecule has 3 heteroatoms. The van der Waals surface area contributed by atoms with Gasteiger partial charge >= 0.3 is 0 Å². The van der Waals surface area contributed by atoms with E-state index in [1.165, 1.54) is 5.71 Å². The summed E-state index contributed by atoms with van der Waals surface area (Å²) in [5, 5.41) is 10.0. The lowest BCUT2D eigenvalue weighted by atomic mass is 9.64. The molecule has 1 aliphatic heterocycles. The zero-order chi connectivity index (χ0) is 11.0. The molecular weight excluding hydrogens is 190 g/mol. The van der Waals surface area contributed by atoms with Crippen molar-refractivity contribution in [1.82, 2.24) is 0 Å². The molecule has 14 heavy (non-hydrogen) atoms. The van der Waals surface area contributed by atoms with Crippen LogP contribution in [0.25, 0.3) is 0 Å². The van der Waals surface area contributed by atoms with Crippen molar-refractivity contribution in [2.75, 3.05) is 6.54 Å². The van der Waals surface area contributed by atoms with Gasteiger partial charge in [0.1, 0.15) is 0 Å². The number of hydrogen-bond donors (Lipinski definition) is 1. The van der Waals surface area contributed by atoms with E-state index in [4.69, 9.17) is 0 Å². The molecule has 0 aliphatic carbocycles. The first-order chi connectivity index (χ1) is 6.30. The molecule has 82 valence electrons. The SMILES string of the molecule is CC(C)(C)C(C)(C1=NCCC1)C(O)[SiH3]. The van der Waals surface area contributed by atoms with Gasteiger partial charge in [0.05, 0.1) is 0 Å². The van der Waals surface area contributed by atoms with Crippen LogP contribution in [0.3, 0.4) is 0 Å². The molecule has 1 heterocycles. The van der Waals surface area contributed by atoms with Crippen LogP contribution in [0.1, 0.15) is 40.5 Å². The second-order valence-corrected chi connectivity index (χ2v) is 6.65. The largest absolute Gasteiger partial charge is 0.397 e. The highest BCUT2D eigenvalue weighted by Crippen LogP contribution is 2.44. The highest BCUT2D eigenvalue weighted by atomic mass is 28.1. The van der Waals surface area contributed by atoms with E-state index >= 15 is 0 Å². The average Bonchev–Trinajstić information content (AvgIpc) is 2.52. The van der Waals surface area contributed by atoms with Crippen molar-refractivity contribution >= 4 is 16.0 Å². The molecule has 2 atom stereocenters. The summed E-state index contributed by atoms with van der Waals surface area (Å²) in [5.41, 5.74) is 1.03. The van der Waals surface area contributed by atoms with Crippen LogP contribution in [0.4, 0.5) is 0 Å². The van der Waals surface area contributed by atoms with Crippen LogP contribution in [0.5, 0.6) is 0 Å². The zero-order valence-corrected chi connectivity index (χ0v) is 12.1. The average molecular weight is 213 g/mol. The Morgan fingerprint density at radius 1 is 1.36 bits per heavy atom. The van der Waals surface area contributed by atoms with Gasteiger partial charge in [0.2, 0.25) is 0 Å². The van der Waals surface area contributed by atoms with E-state index in [9.17, 15) is 5.11 Å². The van der Waals surface area contributed by atoms with E-state index in [1.54, 1.807) is 0 Å². The molecule has 1 rings (SSSR count). The lowest BCUT2D eigenvalue weighted by molar-refractivity contribution is 0.0639. The van der Waals surface area contributed by atoms with E-state index in [0.717, 1.165) is 29.6 Å². The van der Waals surface area contributed by atoms with Crippen molar-refractivity contribution in [3.05, 3.63) is 0 Å². The third kappa shape index (κ3) is 1.80. The molecule has 0 amide bonds. The van der Waals surface area contributed by atoms with Gasteiger partial charge in [-0.25, -0.2) is 0 Å². The standard InChI is InChI=1S/C11H23NOSi/c1-10(2,3)11(4,9(13)14)8-6-5-7-12-8/h9,13H,5-7H2,1-4,14H3. The summed E-state index contributed by atoms with van der Waals surface area (Å²) in [6, 6.07) is 0. The third-order valence-electron chi connectivity index (χ3n) is 3.87. The fourth-order valence-corrected chi connectivity index (χ4v) is 3.46. The molecule has 0 spiro atoms. The minimum Gasteiger partial charge on any atom is -0.397 e. The van der Waals surface area contributed by atoms with Gasteiger partial charge in [-0.05, 0) is 18.3 Å². The number of hydrogen-bond acceptors (Lipinski definition) is 2. The molecular formula is C11H23NOSi. The zero-order valence-electron chi connectivity index (χ0n) is 10.1. The van der Waals surface area contributed by atoms with E-state index in [1.807, 2.05) is 0 Å². The summed E-state index contributed by atoms with van der Waals surface area (Å²) in [6.07, 6.45) is 2.24. The maximum Gasteiger partial charge on any atom is 0.0458 e. The normalized spacial score (nSPS) is 24.5. The van der Waals surface area contributed by atoms with Crippen LogP contribution in [-0.2, 0) is 0 Å². The van der Waals surface area contributed by atoms with Crippen LogP contribution in [0.15, 0.2) is 4.99 Å². The first-order valence-corrected chi connectivity index (χ1v) is 6.67. The van der Waals surface area contributed by atoms with Crippen molar-refractivity contribution in [2.45, 2.75) is 46.3 Å². The lowest BCUT2D eigenvalue weighted by Gasteiger charge is -2.44. The number of aliphatic imine (C=N–C) groups is 1. The molecule has 0 aromatic rings. The molecule has 0 radical (unpaired) electrons. The van der Waals surface area contributed by atoms with E-state index in [2.05, 4.69) is 32.7 Å². The lowest BCUT2D eigenvalue weighted by Crippen LogP contribution is -2.49. The van der Waals surface area contributed by atoms with Crippen LogP contribution >= 0.6 is 0 Å². The number of aliphatic hydroxyl groups is 1. The Kier molecular flexibility index (Phi) is 3.22. The Bertz CT molecular complexity index is 242. The van der Waals surface area contributed by atoms with Gasteiger partial charge in [-0.1, -0.05) is 27.7 Å². The summed E-state index contributed by atoms with van der Waals surface area (Å²) >= 11 is 0. The maximum atomic E-state index is 10.0. The molecule has 0 fully saturated rings. The quantitative estimate of drug-likeness (QED) is 0.681. The summed E-state index contributed by atoms with van der Waals surface area (Å²) in [6.45, 7) is 9.74. The monoisotopic (exact) mass is 213 g/mol. The maximum absolute atomic E-state index is 10.0. The van der Waals surface area contributed by atoms with Gasteiger partial charge < -0.3 is 5.11 Å². The van der Waals surface area contributed by atoms with Crippen molar-refractivity contribution in [3.8, 4) is 0 Å². The third-order valence-corrected chi connectivity index (χ3v) is 5.02. The van der Waals surface area contributed by atoms with Gasteiger partial charge in [-0.15, -0.1) is 0 Å². The van der Waals surface area contributed by atoms with Crippen LogP contribution in [-0.4, -0.2) is 33.3 Å². The van der Waals surface area contributed by atoms with Gasteiger partial charge in [0, 0.05) is 33.6 Å². The second-order valence-electron chi connectivity index (χ2n) is 5.56. The highest BCUT2D eigenvalue weighted by Gasteiger charge is 2.45. The fraction of sp³-hybridized carbons (Fsp3) is 0.909. The van der Waals surface area contributed by atoms with Crippen molar-refractivity contribution in [2.24, 2.45) is 15.8 Å². The van der Waals surface area contributed by atoms with Crippen LogP contribution in [0, 0.1) is 10.8 Å². The highest BCUT2D eigenvalue weighted by molar-refractivity contribution is 6.14. The Labute approximate surface area is 90.2 Å². The van der Waals surface area contributed by atoms with E-state index < -0.39 is 0 Å². The summed E-state index contributed by atoms with van der Waals surface area (Å²) in [7, 11) is 0.817. The molecule has 1 aliphatic rings. The fourth-order valence-electron chi connectivity index (χ4n) is 2.26. The molecule has 0 aromatic carbocycles. The minimum atomic E-state index is -0.195. The Hall–Kier alpha value is -0.153. The van der Waals surface area contributed by atoms with Crippen molar-refractivity contribution in [1.29, 1.82) is 0 Å². The van der Waals surface area contributed by atoms with Crippen LogP contribution < -0.4 is 0 Å². The molecule has 2 unspecified atom stereocenters. The Balaban J connectivity index is 3.04. The summed E-state index contributed by atoms with van der Waals surface area (Å²) in [5.74, 6) is 0. The van der Waals surface area contributed by atoms with Gasteiger partial charge in [-0.2, -0.15) is 0 Å². The molecule has 0 saturated heterocycles. The smallest absolute Gasteiger partial charge is 0.0458 e. The minimum absolute atomic E-state index is 0.0946. The Morgan fingerprint density at radius 2 is 1.93 bits per heavy atom. The van der Waals surface area contributed by atoms with E-state index in [0.29, 0.717) is 0 Å². The predicted molar refractivity (Wildman–Crippen MR) is 65.0 cm³/mol. The Morgan fingerprint density at radius 3 is 2.21 bits per heavy atom. The number of aliphatic hydroxyl groups excluding tert-OH is 1. The first kappa shape index (κ1) is 11.9. The molecule has 1 N–H and O–H groups in total. The molecule has 2 nitrogen and oxygen atoms in total.